The minimum absolute atomic E-state index is 0.134. The van der Waals surface area contributed by atoms with Crippen molar-refractivity contribution < 1.29 is 43.4 Å². The number of nitro groups is 1. The Morgan fingerprint density at radius 1 is 1.18 bits per heavy atom. The number of hydrogen-bond donors (Lipinski definition) is 4. The van der Waals surface area contributed by atoms with Gasteiger partial charge in [0.15, 0.2) is 23.9 Å². The van der Waals surface area contributed by atoms with Gasteiger partial charge in [-0.3, -0.25) is 14.9 Å². The molecule has 212 valence electrons. The van der Waals surface area contributed by atoms with Crippen molar-refractivity contribution in [3.05, 3.63) is 62.8 Å². The minimum Gasteiger partial charge on any atom is -0.500 e. The molecule has 0 unspecified atom stereocenters. The van der Waals surface area contributed by atoms with Gasteiger partial charge in [0.2, 0.25) is 5.75 Å². The molecule has 0 saturated carbocycles. The zero-order valence-corrected chi connectivity index (χ0v) is 22.0. The van der Waals surface area contributed by atoms with Gasteiger partial charge in [-0.25, -0.2) is 15.0 Å². The lowest BCUT2D eigenvalue weighted by molar-refractivity contribution is -0.386. The van der Waals surface area contributed by atoms with Gasteiger partial charge in [-0.15, -0.1) is 0 Å². The van der Waals surface area contributed by atoms with Crippen LogP contribution in [0.5, 0.6) is 23.0 Å². The third-order valence-electron chi connectivity index (χ3n) is 5.54. The molecular weight excluding hydrogens is 530 g/mol. The second-order valence-electron chi connectivity index (χ2n) is 8.13. The molecule has 1 aliphatic heterocycles. The highest BCUT2D eigenvalue weighted by Gasteiger charge is 2.32. The number of methoxy groups -OCH3 is 2. The second-order valence-corrected chi connectivity index (χ2v) is 8.13. The SMILES string of the molecule is CCOC(=O)C1=C(C)NC(=O)N[C@H]1c1ccc(OCC(=O)N/N=C\c2cc(OC)c(O)c([N+](=O)[O-])c2)c(OC)c1. The number of nitrogens with zero attached hydrogens (tertiary/aromatic N) is 2. The van der Waals surface area contributed by atoms with Gasteiger partial charge in [-0.1, -0.05) is 6.07 Å². The third-order valence-corrected chi connectivity index (χ3v) is 5.54. The van der Waals surface area contributed by atoms with E-state index in [1.165, 1.54) is 26.4 Å². The fraction of sp³-hybridized carbons (Fsp3) is 0.280. The van der Waals surface area contributed by atoms with E-state index in [9.17, 15) is 29.6 Å². The van der Waals surface area contributed by atoms with Crippen molar-refractivity contribution >= 4 is 29.8 Å². The third kappa shape index (κ3) is 6.75. The number of esters is 1. The van der Waals surface area contributed by atoms with E-state index in [1.807, 2.05) is 0 Å². The first-order valence-electron chi connectivity index (χ1n) is 11.7. The molecular formula is C25H27N5O10. The van der Waals surface area contributed by atoms with E-state index in [2.05, 4.69) is 21.2 Å². The number of aromatic hydroxyl groups is 1. The van der Waals surface area contributed by atoms with Gasteiger partial charge in [-0.2, -0.15) is 5.10 Å². The molecule has 0 fully saturated rings. The number of benzene rings is 2. The molecule has 0 saturated heterocycles. The van der Waals surface area contributed by atoms with E-state index in [0.717, 1.165) is 12.3 Å². The molecule has 40 heavy (non-hydrogen) atoms. The fourth-order valence-electron chi connectivity index (χ4n) is 3.74. The topological polar surface area (TPSA) is 200 Å². The molecule has 4 N–H and O–H groups in total. The van der Waals surface area contributed by atoms with E-state index in [1.54, 1.807) is 26.0 Å². The average molecular weight is 558 g/mol. The highest BCUT2D eigenvalue weighted by Crippen LogP contribution is 2.37. The summed E-state index contributed by atoms with van der Waals surface area (Å²) in [6.07, 6.45) is 1.13. The smallest absolute Gasteiger partial charge is 0.338 e. The Labute approximate surface area is 227 Å². The summed E-state index contributed by atoms with van der Waals surface area (Å²) in [6, 6.07) is 5.72. The van der Waals surface area contributed by atoms with E-state index in [4.69, 9.17) is 18.9 Å². The first-order chi connectivity index (χ1) is 19.1. The minimum atomic E-state index is -0.817. The first-order valence-corrected chi connectivity index (χ1v) is 11.7. The summed E-state index contributed by atoms with van der Waals surface area (Å²) >= 11 is 0. The summed E-state index contributed by atoms with van der Waals surface area (Å²) in [5.74, 6) is -1.59. The fourth-order valence-corrected chi connectivity index (χ4v) is 3.74. The van der Waals surface area contributed by atoms with Crippen LogP contribution in [0, 0.1) is 10.1 Å². The van der Waals surface area contributed by atoms with Crippen LogP contribution >= 0.6 is 0 Å². The van der Waals surface area contributed by atoms with Gasteiger partial charge in [0, 0.05) is 17.3 Å². The largest absolute Gasteiger partial charge is 0.500 e. The Hall–Kier alpha value is -5.34. The van der Waals surface area contributed by atoms with Crippen molar-refractivity contribution in [1.29, 1.82) is 0 Å². The number of nitro benzene ring substituents is 1. The molecule has 0 aromatic heterocycles. The number of allylic oxidation sites excluding steroid dienone is 1. The highest BCUT2D eigenvalue weighted by atomic mass is 16.6. The van der Waals surface area contributed by atoms with E-state index < -0.39 is 46.9 Å². The van der Waals surface area contributed by atoms with Crippen LogP contribution in [0.25, 0.3) is 0 Å². The molecule has 1 atom stereocenters. The number of urea groups is 1. The monoisotopic (exact) mass is 557 g/mol. The first kappa shape index (κ1) is 29.2. The van der Waals surface area contributed by atoms with Crippen LogP contribution in [-0.2, 0) is 14.3 Å². The Balaban J connectivity index is 1.70. The van der Waals surface area contributed by atoms with Crippen molar-refractivity contribution in [2.75, 3.05) is 27.4 Å². The number of ether oxygens (including phenoxy) is 4. The summed E-state index contributed by atoms with van der Waals surface area (Å²) in [5, 5.41) is 29.9. The van der Waals surface area contributed by atoms with Gasteiger partial charge < -0.3 is 34.7 Å². The highest BCUT2D eigenvalue weighted by molar-refractivity contribution is 5.95. The number of nitrogens with one attached hydrogen (secondary N) is 3. The predicted octanol–water partition coefficient (Wildman–Crippen LogP) is 2.04. The van der Waals surface area contributed by atoms with Crippen molar-refractivity contribution in [3.8, 4) is 23.0 Å². The molecule has 0 bridgehead atoms. The van der Waals surface area contributed by atoms with Crippen LogP contribution < -0.4 is 30.3 Å². The lowest BCUT2D eigenvalue weighted by Crippen LogP contribution is -2.45. The zero-order valence-electron chi connectivity index (χ0n) is 22.0. The number of rotatable bonds is 11. The lowest BCUT2D eigenvalue weighted by Gasteiger charge is -2.28. The summed E-state index contributed by atoms with van der Waals surface area (Å²) < 4.78 is 21.0. The van der Waals surface area contributed by atoms with E-state index in [0.29, 0.717) is 11.3 Å². The maximum Gasteiger partial charge on any atom is 0.338 e. The van der Waals surface area contributed by atoms with Crippen LogP contribution in [-0.4, -0.2) is 61.6 Å². The molecule has 0 radical (unpaired) electrons. The normalized spacial score (nSPS) is 14.7. The second kappa shape index (κ2) is 12.9. The number of hydrazone groups is 1. The van der Waals surface area contributed by atoms with Crippen molar-refractivity contribution in [2.24, 2.45) is 5.10 Å². The molecule has 0 spiro atoms. The molecule has 15 heteroatoms. The number of carbonyl (C=O) groups is 3. The lowest BCUT2D eigenvalue weighted by atomic mass is 9.95. The number of amides is 3. The molecule has 0 aliphatic carbocycles. The quantitative estimate of drug-likeness (QED) is 0.137. The number of phenols is 1. The average Bonchev–Trinajstić information content (AvgIpc) is 2.91. The van der Waals surface area contributed by atoms with E-state index >= 15 is 0 Å². The Morgan fingerprint density at radius 2 is 1.90 bits per heavy atom. The molecule has 15 nitrogen and oxygen atoms in total. The molecule has 3 amide bonds. The van der Waals surface area contributed by atoms with Crippen molar-refractivity contribution in [1.82, 2.24) is 16.1 Å². The summed E-state index contributed by atoms with van der Waals surface area (Å²) in [7, 11) is 2.62. The summed E-state index contributed by atoms with van der Waals surface area (Å²) in [4.78, 5) is 47.2. The summed E-state index contributed by atoms with van der Waals surface area (Å²) in [6.45, 7) is 2.95. The molecule has 1 heterocycles. The van der Waals surface area contributed by atoms with Crippen LogP contribution in [0.3, 0.4) is 0 Å². The molecule has 2 aromatic carbocycles. The van der Waals surface area contributed by atoms with Gasteiger partial charge in [0.25, 0.3) is 5.91 Å². The number of carbonyl (C=O) groups excluding carboxylic acids is 3. The van der Waals surface area contributed by atoms with Crippen molar-refractivity contribution in [3.63, 3.8) is 0 Å². The molecule has 2 aromatic rings. The number of phenolic OH excluding ortho intramolecular Hbond substituents is 1. The molecule has 1 aliphatic rings. The van der Waals surface area contributed by atoms with Gasteiger partial charge >= 0.3 is 17.7 Å². The van der Waals surface area contributed by atoms with E-state index in [-0.39, 0.29) is 35.0 Å². The Morgan fingerprint density at radius 3 is 2.55 bits per heavy atom. The van der Waals surface area contributed by atoms with Crippen LogP contribution in [0.4, 0.5) is 10.5 Å². The predicted molar refractivity (Wildman–Crippen MR) is 139 cm³/mol. The Kier molecular flexibility index (Phi) is 9.46. The maximum absolute atomic E-state index is 12.5. The van der Waals surface area contributed by atoms with Crippen LogP contribution in [0.2, 0.25) is 0 Å². The maximum atomic E-state index is 12.5. The Bertz CT molecular complexity index is 1390. The van der Waals surface area contributed by atoms with Crippen LogP contribution in [0.1, 0.15) is 31.0 Å². The zero-order chi connectivity index (χ0) is 29.4. The van der Waals surface area contributed by atoms with Crippen LogP contribution in [0.15, 0.2) is 46.7 Å². The number of hydrogen-bond acceptors (Lipinski definition) is 11. The summed E-state index contributed by atoms with van der Waals surface area (Å²) in [5.41, 5.74) is 2.91. The van der Waals surface area contributed by atoms with Gasteiger partial charge in [0.05, 0.1) is 43.6 Å². The van der Waals surface area contributed by atoms with Gasteiger partial charge in [0.1, 0.15) is 0 Å². The molecule has 3 rings (SSSR count). The van der Waals surface area contributed by atoms with Gasteiger partial charge in [-0.05, 0) is 37.6 Å². The standard InChI is InChI=1S/C25H27N5O10/c1-5-39-24(33)21-13(2)27-25(34)28-22(21)15-6-7-17(18(10-15)37-3)40-12-20(31)29-26-11-14-8-16(30(35)36)23(32)19(9-14)38-4/h6-11,22,32H,5,12H2,1-4H3,(H,29,31)(H2,27,28,34)/b26-11-/t22-/m0/s1. The van der Waals surface area contributed by atoms with Crippen molar-refractivity contribution in [2.45, 2.75) is 19.9 Å².